The van der Waals surface area contributed by atoms with Crippen LogP contribution in [-0.2, 0) is 6.54 Å². The Balaban J connectivity index is 1.82. The SMILES string of the molecule is Fc1ccc(CN2CCCCCC2c2cccs2)c(F)c1. The van der Waals surface area contributed by atoms with Crippen LogP contribution in [0.1, 0.15) is 42.2 Å². The second kappa shape index (κ2) is 6.67. The summed E-state index contributed by atoms with van der Waals surface area (Å²) < 4.78 is 27.0. The normalized spacial score (nSPS) is 20.4. The lowest BCUT2D eigenvalue weighted by atomic mass is 10.1. The van der Waals surface area contributed by atoms with Crippen LogP contribution in [0.3, 0.4) is 0 Å². The van der Waals surface area contributed by atoms with Crippen LogP contribution < -0.4 is 0 Å². The van der Waals surface area contributed by atoms with E-state index >= 15 is 0 Å². The summed E-state index contributed by atoms with van der Waals surface area (Å²) in [5.41, 5.74) is 0.583. The average molecular weight is 307 g/mol. The molecule has 0 N–H and O–H groups in total. The highest BCUT2D eigenvalue weighted by Gasteiger charge is 2.24. The number of halogens is 2. The van der Waals surface area contributed by atoms with Crippen molar-refractivity contribution in [3.05, 3.63) is 57.8 Å². The molecule has 1 saturated heterocycles. The van der Waals surface area contributed by atoms with Crippen LogP contribution in [0, 0.1) is 11.6 Å². The predicted molar refractivity (Wildman–Crippen MR) is 82.3 cm³/mol. The number of benzene rings is 1. The zero-order valence-corrected chi connectivity index (χ0v) is 12.7. The standard InChI is InChI=1S/C17H19F2NS/c18-14-8-7-13(15(19)11-14)12-20-9-3-1-2-5-16(20)17-6-4-10-21-17/h4,6-8,10-11,16H,1-3,5,9,12H2. The molecular weight excluding hydrogens is 288 g/mol. The molecule has 1 aliphatic heterocycles. The summed E-state index contributed by atoms with van der Waals surface area (Å²) in [6.07, 6.45) is 4.70. The minimum absolute atomic E-state index is 0.358. The summed E-state index contributed by atoms with van der Waals surface area (Å²) in [6.45, 7) is 1.52. The Morgan fingerprint density at radius 3 is 2.81 bits per heavy atom. The lowest BCUT2D eigenvalue weighted by Crippen LogP contribution is -2.28. The topological polar surface area (TPSA) is 3.24 Å². The van der Waals surface area contributed by atoms with Crippen molar-refractivity contribution in [2.24, 2.45) is 0 Å². The molecule has 3 rings (SSSR count). The third-order valence-electron chi connectivity index (χ3n) is 4.12. The molecular formula is C17H19F2NS. The summed E-state index contributed by atoms with van der Waals surface area (Å²) in [4.78, 5) is 3.69. The zero-order valence-electron chi connectivity index (χ0n) is 11.9. The van der Waals surface area contributed by atoms with E-state index in [1.54, 1.807) is 17.4 Å². The fourth-order valence-corrected chi connectivity index (χ4v) is 3.92. The van der Waals surface area contributed by atoms with Gasteiger partial charge in [0.15, 0.2) is 0 Å². The molecule has 2 aromatic rings. The second-order valence-electron chi connectivity index (χ2n) is 5.59. The van der Waals surface area contributed by atoms with Gasteiger partial charge in [-0.25, -0.2) is 8.78 Å². The molecule has 1 aromatic heterocycles. The highest BCUT2D eigenvalue weighted by Crippen LogP contribution is 2.34. The van der Waals surface area contributed by atoms with Crippen molar-refractivity contribution >= 4 is 11.3 Å². The van der Waals surface area contributed by atoms with Crippen molar-refractivity contribution < 1.29 is 8.78 Å². The first-order valence-electron chi connectivity index (χ1n) is 7.45. The van der Waals surface area contributed by atoms with Crippen LogP contribution in [0.2, 0.25) is 0 Å². The van der Waals surface area contributed by atoms with E-state index in [1.807, 2.05) is 0 Å². The van der Waals surface area contributed by atoms with Gasteiger partial charge in [0.25, 0.3) is 0 Å². The lowest BCUT2D eigenvalue weighted by Gasteiger charge is -2.29. The molecule has 0 radical (unpaired) electrons. The smallest absolute Gasteiger partial charge is 0.130 e. The van der Waals surface area contributed by atoms with E-state index in [4.69, 9.17) is 0 Å². The van der Waals surface area contributed by atoms with Crippen molar-refractivity contribution in [2.45, 2.75) is 38.3 Å². The van der Waals surface area contributed by atoms with Crippen LogP contribution >= 0.6 is 11.3 Å². The van der Waals surface area contributed by atoms with Crippen LogP contribution in [0.4, 0.5) is 8.78 Å². The molecule has 21 heavy (non-hydrogen) atoms. The lowest BCUT2D eigenvalue weighted by molar-refractivity contribution is 0.193. The van der Waals surface area contributed by atoms with Gasteiger partial charge in [-0.2, -0.15) is 0 Å². The number of likely N-dealkylation sites (tertiary alicyclic amines) is 1. The predicted octanol–water partition coefficient (Wildman–Crippen LogP) is 5.14. The average Bonchev–Trinajstić information content (AvgIpc) is 2.89. The number of rotatable bonds is 3. The van der Waals surface area contributed by atoms with Crippen molar-refractivity contribution in [3.63, 3.8) is 0 Å². The summed E-state index contributed by atoms with van der Waals surface area (Å²) >= 11 is 1.76. The molecule has 1 aliphatic rings. The van der Waals surface area contributed by atoms with Gasteiger partial charge in [-0.15, -0.1) is 11.3 Å². The summed E-state index contributed by atoms with van der Waals surface area (Å²) in [7, 11) is 0. The van der Waals surface area contributed by atoms with Gasteiger partial charge in [-0.1, -0.05) is 25.0 Å². The molecule has 0 saturated carbocycles. The van der Waals surface area contributed by atoms with Gasteiger partial charge < -0.3 is 0 Å². The van der Waals surface area contributed by atoms with Gasteiger partial charge >= 0.3 is 0 Å². The monoisotopic (exact) mass is 307 g/mol. The highest BCUT2D eigenvalue weighted by atomic mass is 32.1. The Bertz CT molecular complexity index is 582. The van der Waals surface area contributed by atoms with E-state index in [0.29, 0.717) is 18.2 Å². The molecule has 1 atom stereocenters. The molecule has 0 bridgehead atoms. The molecule has 0 aliphatic carbocycles. The van der Waals surface area contributed by atoms with Gasteiger partial charge in [0.2, 0.25) is 0 Å². The highest BCUT2D eigenvalue weighted by molar-refractivity contribution is 7.10. The molecule has 1 unspecified atom stereocenters. The minimum atomic E-state index is -0.512. The molecule has 112 valence electrons. The van der Waals surface area contributed by atoms with E-state index in [0.717, 1.165) is 25.5 Å². The van der Waals surface area contributed by atoms with Gasteiger partial charge in [0, 0.05) is 29.1 Å². The molecule has 1 nitrogen and oxygen atoms in total. The fourth-order valence-electron chi connectivity index (χ4n) is 3.03. The van der Waals surface area contributed by atoms with Crippen LogP contribution in [0.25, 0.3) is 0 Å². The quantitative estimate of drug-likeness (QED) is 0.758. The molecule has 2 heterocycles. The maximum Gasteiger partial charge on any atom is 0.130 e. The Labute approximate surface area is 128 Å². The summed E-state index contributed by atoms with van der Waals surface area (Å²) in [5.74, 6) is -0.953. The summed E-state index contributed by atoms with van der Waals surface area (Å²) in [5, 5.41) is 2.09. The maximum absolute atomic E-state index is 13.9. The van der Waals surface area contributed by atoms with Gasteiger partial charge in [0.05, 0.1) is 0 Å². The number of nitrogens with zero attached hydrogens (tertiary/aromatic N) is 1. The van der Waals surface area contributed by atoms with Crippen molar-refractivity contribution in [1.29, 1.82) is 0 Å². The van der Waals surface area contributed by atoms with E-state index in [9.17, 15) is 8.78 Å². The van der Waals surface area contributed by atoms with Crippen molar-refractivity contribution in [2.75, 3.05) is 6.54 Å². The van der Waals surface area contributed by atoms with Crippen molar-refractivity contribution in [1.82, 2.24) is 4.90 Å². The van der Waals surface area contributed by atoms with Gasteiger partial charge in [0.1, 0.15) is 11.6 Å². The van der Waals surface area contributed by atoms with E-state index in [2.05, 4.69) is 22.4 Å². The zero-order chi connectivity index (χ0) is 14.7. The third kappa shape index (κ3) is 3.50. The molecule has 0 spiro atoms. The summed E-state index contributed by atoms with van der Waals surface area (Å²) in [6, 6.07) is 8.48. The molecule has 0 amide bonds. The number of hydrogen-bond donors (Lipinski definition) is 0. The van der Waals surface area contributed by atoms with Crippen LogP contribution in [0.15, 0.2) is 35.7 Å². The maximum atomic E-state index is 13.9. The molecule has 1 fully saturated rings. The van der Waals surface area contributed by atoms with E-state index < -0.39 is 11.6 Å². The van der Waals surface area contributed by atoms with Crippen molar-refractivity contribution in [3.8, 4) is 0 Å². The first kappa shape index (κ1) is 14.7. The van der Waals surface area contributed by atoms with Crippen LogP contribution in [0.5, 0.6) is 0 Å². The fraction of sp³-hybridized carbons (Fsp3) is 0.412. The first-order chi connectivity index (χ1) is 10.2. The first-order valence-corrected chi connectivity index (χ1v) is 8.33. The Kier molecular flexibility index (Phi) is 4.66. The largest absolute Gasteiger partial charge is 0.291 e. The molecule has 1 aromatic carbocycles. The molecule has 4 heteroatoms. The van der Waals surface area contributed by atoms with Gasteiger partial charge in [-0.3, -0.25) is 4.90 Å². The Hall–Kier alpha value is -1.26. The number of hydrogen-bond acceptors (Lipinski definition) is 2. The Morgan fingerprint density at radius 1 is 1.14 bits per heavy atom. The second-order valence-corrected chi connectivity index (χ2v) is 6.57. The van der Waals surface area contributed by atoms with Crippen LogP contribution in [-0.4, -0.2) is 11.4 Å². The van der Waals surface area contributed by atoms with Gasteiger partial charge in [-0.05, 0) is 36.9 Å². The third-order valence-corrected chi connectivity index (χ3v) is 5.10. The number of thiophene rings is 1. The van der Waals surface area contributed by atoms with E-state index in [1.165, 1.54) is 23.8 Å². The minimum Gasteiger partial charge on any atom is -0.291 e. The Morgan fingerprint density at radius 2 is 2.05 bits per heavy atom. The van der Waals surface area contributed by atoms with E-state index in [-0.39, 0.29) is 0 Å².